The Labute approximate surface area is 106 Å². The zero-order valence-electron chi connectivity index (χ0n) is 3.71. The molecule has 1 N–H and O–H groups in total. The van der Waals surface area contributed by atoms with Crippen LogP contribution in [0.2, 0.25) is 0 Å². The van der Waals surface area contributed by atoms with E-state index < -0.39 is 15.7 Å². The molecule has 0 aromatic carbocycles. The van der Waals surface area contributed by atoms with E-state index in [1.54, 1.807) is 0 Å². The molecular formula is HAsKNaO3. The molecule has 0 saturated heterocycles. The molecule has 0 saturated carbocycles. The maximum atomic E-state index is 8.67. The fourth-order valence-corrected chi connectivity index (χ4v) is 0. The Morgan fingerprint density at radius 2 is 1.33 bits per heavy atom. The molecule has 0 unspecified atom stereocenters. The minimum absolute atomic E-state index is 0. The third-order valence-corrected chi connectivity index (χ3v) is 0. The second-order valence-electron chi connectivity index (χ2n) is 0.238. The first-order chi connectivity index (χ1) is 1.73. The van der Waals surface area contributed by atoms with Crippen molar-refractivity contribution in [2.45, 2.75) is 0 Å². The molecule has 6 heteroatoms. The molecule has 0 aromatic rings. The van der Waals surface area contributed by atoms with Crippen molar-refractivity contribution < 1.29 is 93.2 Å². The molecule has 0 radical (unpaired) electrons. The van der Waals surface area contributed by atoms with Crippen LogP contribution >= 0.6 is 0 Å². The van der Waals surface area contributed by atoms with Crippen molar-refractivity contribution >= 4 is 15.7 Å². The summed E-state index contributed by atoms with van der Waals surface area (Å²) in [6.45, 7) is 0. The molecule has 0 aliphatic rings. The van der Waals surface area contributed by atoms with Gasteiger partial charge in [-0.2, -0.15) is 0 Å². The van der Waals surface area contributed by atoms with Gasteiger partial charge in [-0.05, 0) is 0 Å². The van der Waals surface area contributed by atoms with Crippen LogP contribution in [-0.2, 0) is 0 Å². The van der Waals surface area contributed by atoms with Crippen molar-refractivity contribution in [1.82, 2.24) is 0 Å². The van der Waals surface area contributed by atoms with Crippen LogP contribution in [0, 0.1) is 0 Å². The van der Waals surface area contributed by atoms with Crippen LogP contribution in [0.25, 0.3) is 0 Å². The monoisotopic (exact) mass is 186 g/mol. The van der Waals surface area contributed by atoms with E-state index in [1.807, 2.05) is 0 Å². The average Bonchev–Trinajstić information content (AvgIpc) is 0.811. The molecule has 0 aliphatic carbocycles. The number of hydrogen-bond donors (Lipinski definition) is 1. The number of rotatable bonds is 0. The van der Waals surface area contributed by atoms with Gasteiger partial charge in [-0.25, -0.2) is 0 Å². The van der Waals surface area contributed by atoms with Crippen molar-refractivity contribution in [3.63, 3.8) is 0 Å². The van der Waals surface area contributed by atoms with Gasteiger partial charge in [-0.1, -0.05) is 0 Å². The summed E-state index contributed by atoms with van der Waals surface area (Å²) in [5.74, 6) is 0. The van der Waals surface area contributed by atoms with Gasteiger partial charge in [0.15, 0.2) is 0 Å². The Morgan fingerprint density at radius 1 is 1.33 bits per heavy atom. The van der Waals surface area contributed by atoms with E-state index in [1.165, 1.54) is 0 Å². The molecule has 0 aliphatic heterocycles. The Balaban J connectivity index is -0.0000000450. The summed E-state index contributed by atoms with van der Waals surface area (Å²) in [5, 5.41) is 0. The fraction of sp³-hybridized carbons (Fsp3) is 0. The van der Waals surface area contributed by atoms with E-state index in [4.69, 9.17) is 12.3 Å². The van der Waals surface area contributed by atoms with Crippen molar-refractivity contribution in [2.24, 2.45) is 0 Å². The molecule has 3 nitrogen and oxygen atoms in total. The van der Waals surface area contributed by atoms with Crippen LogP contribution in [0.3, 0.4) is 0 Å². The molecule has 6 heavy (non-hydrogen) atoms. The van der Waals surface area contributed by atoms with Gasteiger partial charge in [0.05, 0.1) is 0 Å². The van der Waals surface area contributed by atoms with Crippen LogP contribution < -0.4 is 89.1 Å². The van der Waals surface area contributed by atoms with E-state index >= 15 is 0 Å². The third kappa shape index (κ3) is 27.6. The summed E-state index contributed by atoms with van der Waals surface area (Å²) in [6, 6.07) is 0. The van der Waals surface area contributed by atoms with Gasteiger partial charge in [0.25, 0.3) is 0 Å². The predicted molar refractivity (Wildman–Crippen MR) is 7.97 cm³/mol. The minimum atomic E-state index is -3.69. The second kappa shape index (κ2) is 11.0. The molecule has 26 valence electrons. The van der Waals surface area contributed by atoms with E-state index in [0.717, 1.165) is 0 Å². The Hall–Kier alpha value is 3.07. The SMILES string of the molecule is [K+].[Na+].[O-][As]([O-])O. The summed E-state index contributed by atoms with van der Waals surface area (Å²) in [6.07, 6.45) is 0. The fourth-order valence-electron chi connectivity index (χ4n) is 0. The van der Waals surface area contributed by atoms with Crippen molar-refractivity contribution in [3.8, 4) is 0 Å². The average molecular weight is 186 g/mol. The van der Waals surface area contributed by atoms with E-state index in [0.29, 0.717) is 0 Å². The van der Waals surface area contributed by atoms with Crippen LogP contribution in [0.15, 0.2) is 0 Å². The quantitative estimate of drug-likeness (QED) is 0.382. The van der Waals surface area contributed by atoms with E-state index in [9.17, 15) is 0 Å². The van der Waals surface area contributed by atoms with Gasteiger partial charge in [-0.15, -0.1) is 0 Å². The molecule has 0 atom stereocenters. The second-order valence-corrected chi connectivity index (χ2v) is 1.24. The first kappa shape index (κ1) is 16.0. The Morgan fingerprint density at radius 3 is 1.33 bits per heavy atom. The standard InChI is InChI=1S/AsHO3.K.Na/c2-1(3)4;;/h2H;;/q-2;2*+1. The molecule has 0 fully saturated rings. The summed E-state index contributed by atoms with van der Waals surface area (Å²) < 4.78 is 24.4. The molecule has 0 rings (SSSR count). The van der Waals surface area contributed by atoms with Gasteiger partial charge in [0.1, 0.15) is 0 Å². The van der Waals surface area contributed by atoms with Gasteiger partial charge < -0.3 is 0 Å². The molecule has 0 spiro atoms. The van der Waals surface area contributed by atoms with Crippen LogP contribution in [0.4, 0.5) is 0 Å². The van der Waals surface area contributed by atoms with Gasteiger partial charge in [0.2, 0.25) is 0 Å². The third-order valence-electron chi connectivity index (χ3n) is 0. The zero-order chi connectivity index (χ0) is 3.58. The zero-order valence-corrected chi connectivity index (χ0v) is 10.7. The van der Waals surface area contributed by atoms with E-state index in [2.05, 4.69) is 0 Å². The Kier molecular flexibility index (Phi) is 29.3. The predicted octanol–water partition coefficient (Wildman–Crippen LogP) is -9.31. The maximum absolute atomic E-state index is 8.67. The first-order valence-electron chi connectivity index (χ1n) is 0.565. The molecule has 0 bridgehead atoms. The topological polar surface area (TPSA) is 66.3 Å². The summed E-state index contributed by atoms with van der Waals surface area (Å²) in [4.78, 5) is 0. The number of hydrogen-bond acceptors (Lipinski definition) is 3. The van der Waals surface area contributed by atoms with Gasteiger partial charge in [-0.3, -0.25) is 0 Å². The van der Waals surface area contributed by atoms with E-state index in [-0.39, 0.29) is 80.9 Å². The normalized spacial score (nSPS) is 6.00. The van der Waals surface area contributed by atoms with Crippen LogP contribution in [0.1, 0.15) is 0 Å². The summed E-state index contributed by atoms with van der Waals surface area (Å²) >= 11 is -3.69. The van der Waals surface area contributed by atoms with Gasteiger partial charge in [0, 0.05) is 0 Å². The Bertz CT molecular complexity index is 15.5. The van der Waals surface area contributed by atoms with Crippen molar-refractivity contribution in [2.75, 3.05) is 0 Å². The van der Waals surface area contributed by atoms with Crippen molar-refractivity contribution in [3.05, 3.63) is 0 Å². The summed E-state index contributed by atoms with van der Waals surface area (Å²) in [7, 11) is 0. The first-order valence-corrected chi connectivity index (χ1v) is 2.94. The van der Waals surface area contributed by atoms with Gasteiger partial charge >= 0.3 is 109 Å². The molecule has 0 heterocycles. The molecule has 0 amide bonds. The summed E-state index contributed by atoms with van der Waals surface area (Å²) in [5.41, 5.74) is 0. The molecule has 0 aromatic heterocycles. The van der Waals surface area contributed by atoms with Crippen molar-refractivity contribution in [1.29, 1.82) is 0 Å². The molecular weight excluding hydrogens is 185 g/mol. The van der Waals surface area contributed by atoms with Crippen LogP contribution in [0.5, 0.6) is 0 Å². The van der Waals surface area contributed by atoms with Crippen LogP contribution in [-0.4, -0.2) is 19.8 Å².